The molecule has 21 heavy (non-hydrogen) atoms. The van der Waals surface area contributed by atoms with Crippen molar-refractivity contribution < 1.29 is 9.90 Å². The summed E-state index contributed by atoms with van der Waals surface area (Å²) in [6.45, 7) is 6.16. The Morgan fingerprint density at radius 2 is 2.00 bits per heavy atom. The Balaban J connectivity index is 2.51. The molecule has 4 nitrogen and oxygen atoms in total. The zero-order valence-electron chi connectivity index (χ0n) is 12.2. The van der Waals surface area contributed by atoms with Gasteiger partial charge in [0.25, 0.3) is 0 Å². The molecular formula is C15H17BrN2O2S. The largest absolute Gasteiger partial charge is 0.481 e. The molecule has 0 aliphatic heterocycles. The van der Waals surface area contributed by atoms with Crippen LogP contribution in [0, 0.1) is 13.8 Å². The zero-order chi connectivity index (χ0) is 15.6. The minimum atomic E-state index is -0.837. The van der Waals surface area contributed by atoms with Gasteiger partial charge in [0.15, 0.2) is 5.16 Å². The van der Waals surface area contributed by atoms with Crippen LogP contribution in [0.2, 0.25) is 0 Å². The van der Waals surface area contributed by atoms with Crippen molar-refractivity contribution in [2.45, 2.75) is 32.3 Å². The Hall–Kier alpha value is -1.27. The summed E-state index contributed by atoms with van der Waals surface area (Å²) in [7, 11) is 0. The number of aliphatic carboxylic acids is 1. The number of hydrogen-bond acceptors (Lipinski definition) is 3. The molecular weight excluding hydrogens is 352 g/mol. The molecule has 0 aliphatic carbocycles. The molecule has 1 heterocycles. The average molecular weight is 369 g/mol. The van der Waals surface area contributed by atoms with Crippen LogP contribution < -0.4 is 0 Å². The highest BCUT2D eigenvalue weighted by atomic mass is 79.9. The van der Waals surface area contributed by atoms with E-state index in [4.69, 9.17) is 5.11 Å². The second-order valence-electron chi connectivity index (χ2n) is 4.80. The minimum Gasteiger partial charge on any atom is -0.481 e. The number of halogens is 1. The van der Waals surface area contributed by atoms with Crippen molar-refractivity contribution in [3.8, 4) is 5.69 Å². The molecule has 6 heteroatoms. The van der Waals surface area contributed by atoms with Crippen molar-refractivity contribution in [3.05, 3.63) is 39.6 Å². The van der Waals surface area contributed by atoms with Gasteiger partial charge in [-0.25, -0.2) is 4.98 Å². The van der Waals surface area contributed by atoms with E-state index in [1.165, 1.54) is 11.8 Å². The normalized spacial score (nSPS) is 10.9. The third kappa shape index (κ3) is 3.49. The van der Waals surface area contributed by atoms with E-state index in [-0.39, 0.29) is 5.75 Å². The van der Waals surface area contributed by atoms with Crippen LogP contribution in [0.25, 0.3) is 5.69 Å². The summed E-state index contributed by atoms with van der Waals surface area (Å²) in [4.78, 5) is 15.2. The highest BCUT2D eigenvalue weighted by Crippen LogP contribution is 2.29. The van der Waals surface area contributed by atoms with Crippen LogP contribution in [-0.4, -0.2) is 26.4 Å². The standard InChI is InChI=1S/C15H17BrN2O2S/c1-4-11-7-17-15(21-8-13(19)20)18(11)12-5-9(2)14(16)10(3)6-12/h5-7H,4,8H2,1-3H3,(H,19,20). The van der Waals surface area contributed by atoms with Gasteiger partial charge in [-0.1, -0.05) is 34.6 Å². The number of imidazole rings is 1. The smallest absolute Gasteiger partial charge is 0.313 e. The summed E-state index contributed by atoms with van der Waals surface area (Å²) in [5, 5.41) is 9.58. The lowest BCUT2D eigenvalue weighted by atomic mass is 10.1. The zero-order valence-corrected chi connectivity index (χ0v) is 14.6. The molecule has 0 fully saturated rings. The Morgan fingerprint density at radius 1 is 1.38 bits per heavy atom. The number of benzene rings is 1. The van der Waals surface area contributed by atoms with Crippen molar-refractivity contribution in [2.24, 2.45) is 0 Å². The van der Waals surface area contributed by atoms with E-state index in [1.54, 1.807) is 0 Å². The number of nitrogens with zero attached hydrogens (tertiary/aromatic N) is 2. The van der Waals surface area contributed by atoms with Gasteiger partial charge in [0.1, 0.15) is 0 Å². The predicted molar refractivity (Wildman–Crippen MR) is 88.5 cm³/mol. The first-order valence-corrected chi connectivity index (χ1v) is 8.40. The molecule has 112 valence electrons. The monoisotopic (exact) mass is 368 g/mol. The molecule has 0 saturated heterocycles. The molecule has 2 rings (SSSR count). The SMILES string of the molecule is CCc1cnc(SCC(=O)O)n1-c1cc(C)c(Br)c(C)c1. The van der Waals surface area contributed by atoms with Crippen molar-refractivity contribution in [2.75, 3.05) is 5.75 Å². The number of aryl methyl sites for hydroxylation is 3. The predicted octanol–water partition coefficient (Wildman–Crippen LogP) is 3.99. The Morgan fingerprint density at radius 3 is 2.52 bits per heavy atom. The van der Waals surface area contributed by atoms with Gasteiger partial charge in [0.2, 0.25) is 0 Å². The number of carboxylic acid groups (broad SMARTS) is 1. The van der Waals surface area contributed by atoms with Crippen LogP contribution in [0.4, 0.5) is 0 Å². The third-order valence-corrected chi connectivity index (χ3v) is 5.36. The minimum absolute atomic E-state index is 0.00859. The van der Waals surface area contributed by atoms with Gasteiger partial charge in [0.05, 0.1) is 5.75 Å². The van der Waals surface area contributed by atoms with Crippen molar-refractivity contribution in [1.29, 1.82) is 0 Å². The number of aromatic nitrogens is 2. The molecule has 0 radical (unpaired) electrons. The molecule has 0 bridgehead atoms. The third-order valence-electron chi connectivity index (χ3n) is 3.17. The molecule has 0 spiro atoms. The van der Waals surface area contributed by atoms with Gasteiger partial charge in [-0.2, -0.15) is 0 Å². The molecule has 0 aliphatic rings. The second-order valence-corrected chi connectivity index (χ2v) is 6.53. The fraction of sp³-hybridized carbons (Fsp3) is 0.333. The molecule has 1 aromatic heterocycles. The van der Waals surface area contributed by atoms with Crippen LogP contribution in [0.3, 0.4) is 0 Å². The number of rotatable bonds is 5. The lowest BCUT2D eigenvalue weighted by molar-refractivity contribution is -0.133. The van der Waals surface area contributed by atoms with Crippen molar-refractivity contribution in [3.63, 3.8) is 0 Å². The summed E-state index contributed by atoms with van der Waals surface area (Å²) < 4.78 is 3.14. The van der Waals surface area contributed by atoms with Gasteiger partial charge in [-0.15, -0.1) is 0 Å². The summed E-state index contributed by atoms with van der Waals surface area (Å²) in [6, 6.07) is 4.17. The molecule has 1 aromatic carbocycles. The van der Waals surface area contributed by atoms with E-state index >= 15 is 0 Å². The van der Waals surface area contributed by atoms with Gasteiger partial charge < -0.3 is 5.11 Å². The fourth-order valence-electron chi connectivity index (χ4n) is 2.17. The van der Waals surface area contributed by atoms with E-state index in [1.807, 2.05) is 24.6 Å². The van der Waals surface area contributed by atoms with Crippen LogP contribution >= 0.6 is 27.7 Å². The Kier molecular flexibility index (Phi) is 5.11. The summed E-state index contributed by atoms with van der Waals surface area (Å²) >= 11 is 4.82. The summed E-state index contributed by atoms with van der Waals surface area (Å²) in [6.07, 6.45) is 2.66. The van der Waals surface area contributed by atoms with E-state index in [2.05, 4.69) is 40.0 Å². The van der Waals surface area contributed by atoms with E-state index in [9.17, 15) is 4.79 Å². The molecule has 0 atom stereocenters. The molecule has 0 amide bonds. The second kappa shape index (κ2) is 6.66. The summed E-state index contributed by atoms with van der Waals surface area (Å²) in [5.74, 6) is -0.829. The van der Waals surface area contributed by atoms with Crippen LogP contribution in [0.15, 0.2) is 28.0 Å². The van der Waals surface area contributed by atoms with Gasteiger partial charge in [-0.3, -0.25) is 9.36 Å². The Bertz CT molecular complexity index is 659. The first-order chi connectivity index (χ1) is 9.93. The van der Waals surface area contributed by atoms with E-state index in [0.717, 1.165) is 38.6 Å². The molecule has 0 saturated carbocycles. The number of hydrogen-bond donors (Lipinski definition) is 1. The first-order valence-electron chi connectivity index (χ1n) is 6.62. The number of thioether (sulfide) groups is 1. The van der Waals surface area contributed by atoms with Crippen molar-refractivity contribution in [1.82, 2.24) is 9.55 Å². The maximum atomic E-state index is 10.8. The lowest BCUT2D eigenvalue weighted by Gasteiger charge is -2.13. The maximum Gasteiger partial charge on any atom is 0.313 e. The average Bonchev–Trinajstić information content (AvgIpc) is 2.84. The van der Waals surface area contributed by atoms with Gasteiger partial charge in [0, 0.05) is 22.1 Å². The highest BCUT2D eigenvalue weighted by molar-refractivity contribution is 9.10. The van der Waals surface area contributed by atoms with E-state index < -0.39 is 5.97 Å². The van der Waals surface area contributed by atoms with Gasteiger partial charge >= 0.3 is 5.97 Å². The topological polar surface area (TPSA) is 55.1 Å². The molecule has 2 aromatic rings. The molecule has 0 unspecified atom stereocenters. The highest BCUT2D eigenvalue weighted by Gasteiger charge is 2.14. The van der Waals surface area contributed by atoms with Crippen molar-refractivity contribution >= 4 is 33.7 Å². The fourth-order valence-corrected chi connectivity index (χ4v) is 3.13. The van der Waals surface area contributed by atoms with E-state index in [0.29, 0.717) is 0 Å². The van der Waals surface area contributed by atoms with Crippen LogP contribution in [-0.2, 0) is 11.2 Å². The summed E-state index contributed by atoms with van der Waals surface area (Å²) in [5.41, 5.74) is 4.39. The van der Waals surface area contributed by atoms with Crippen LogP contribution in [0.1, 0.15) is 23.7 Å². The maximum absolute atomic E-state index is 10.8. The Labute approximate surface area is 136 Å². The quantitative estimate of drug-likeness (QED) is 0.810. The van der Waals surface area contributed by atoms with Gasteiger partial charge in [-0.05, 0) is 43.5 Å². The number of carboxylic acids is 1. The lowest BCUT2D eigenvalue weighted by Crippen LogP contribution is -2.05. The molecule has 1 N–H and O–H groups in total. The first kappa shape index (κ1) is 16.1. The number of carbonyl (C=O) groups is 1. The van der Waals surface area contributed by atoms with Crippen LogP contribution in [0.5, 0.6) is 0 Å².